The van der Waals surface area contributed by atoms with Crippen molar-refractivity contribution in [3.8, 4) is 0 Å². The van der Waals surface area contributed by atoms with E-state index in [4.69, 9.17) is 5.73 Å². The SMILES string of the molecule is Nc1ccc(N2CC3CCC(C2)N3)cn1. The lowest BCUT2D eigenvalue weighted by Crippen LogP contribution is -2.51. The highest BCUT2D eigenvalue weighted by molar-refractivity contribution is 5.49. The van der Waals surface area contributed by atoms with Gasteiger partial charge in [-0.1, -0.05) is 0 Å². The van der Waals surface area contributed by atoms with Crippen LogP contribution in [-0.2, 0) is 0 Å². The van der Waals surface area contributed by atoms with Gasteiger partial charge in [0, 0.05) is 25.2 Å². The first-order valence-electron chi connectivity index (χ1n) is 5.54. The first-order chi connectivity index (χ1) is 7.31. The van der Waals surface area contributed by atoms with Crippen LogP contribution in [0.15, 0.2) is 18.3 Å². The summed E-state index contributed by atoms with van der Waals surface area (Å²) in [5.41, 5.74) is 6.78. The Morgan fingerprint density at radius 3 is 2.60 bits per heavy atom. The maximum atomic E-state index is 5.58. The van der Waals surface area contributed by atoms with Crippen LogP contribution in [-0.4, -0.2) is 30.2 Å². The van der Waals surface area contributed by atoms with Crippen LogP contribution in [0, 0.1) is 0 Å². The van der Waals surface area contributed by atoms with Gasteiger partial charge in [0.25, 0.3) is 0 Å². The van der Waals surface area contributed by atoms with Gasteiger partial charge in [0.1, 0.15) is 5.82 Å². The molecule has 3 heterocycles. The molecule has 0 spiro atoms. The summed E-state index contributed by atoms with van der Waals surface area (Å²) >= 11 is 0. The minimum atomic E-state index is 0.594. The first kappa shape index (κ1) is 8.97. The summed E-state index contributed by atoms with van der Waals surface area (Å²) in [5.74, 6) is 0.594. The Labute approximate surface area is 89.5 Å². The average molecular weight is 204 g/mol. The molecule has 1 aromatic rings. The Bertz CT molecular complexity index is 336. The molecule has 1 aromatic heterocycles. The summed E-state index contributed by atoms with van der Waals surface area (Å²) in [6.07, 6.45) is 4.49. The molecule has 2 atom stereocenters. The average Bonchev–Trinajstić information content (AvgIpc) is 2.59. The van der Waals surface area contributed by atoms with Crippen molar-refractivity contribution in [3.05, 3.63) is 18.3 Å². The smallest absolute Gasteiger partial charge is 0.123 e. The van der Waals surface area contributed by atoms with Crippen LogP contribution in [0.1, 0.15) is 12.8 Å². The molecule has 0 radical (unpaired) electrons. The van der Waals surface area contributed by atoms with Crippen molar-refractivity contribution in [2.75, 3.05) is 23.7 Å². The highest BCUT2D eigenvalue weighted by Gasteiger charge is 2.32. The first-order valence-corrected chi connectivity index (χ1v) is 5.54. The fraction of sp³-hybridized carbons (Fsp3) is 0.545. The van der Waals surface area contributed by atoms with Gasteiger partial charge in [-0.25, -0.2) is 4.98 Å². The number of piperazine rings is 1. The number of hydrogen-bond acceptors (Lipinski definition) is 4. The van der Waals surface area contributed by atoms with E-state index < -0.39 is 0 Å². The van der Waals surface area contributed by atoms with Gasteiger partial charge in [-0.15, -0.1) is 0 Å². The molecule has 0 aliphatic carbocycles. The molecule has 4 nitrogen and oxygen atoms in total. The van der Waals surface area contributed by atoms with Crippen LogP contribution >= 0.6 is 0 Å². The maximum Gasteiger partial charge on any atom is 0.123 e. The van der Waals surface area contributed by atoms with E-state index in [0.717, 1.165) is 13.1 Å². The van der Waals surface area contributed by atoms with Crippen molar-refractivity contribution >= 4 is 11.5 Å². The van der Waals surface area contributed by atoms with Gasteiger partial charge in [-0.3, -0.25) is 0 Å². The van der Waals surface area contributed by atoms with Gasteiger partial charge >= 0.3 is 0 Å². The minimum absolute atomic E-state index is 0.594. The molecule has 80 valence electrons. The highest BCUT2D eigenvalue weighted by atomic mass is 15.2. The van der Waals surface area contributed by atoms with Crippen LogP contribution in [0.5, 0.6) is 0 Å². The van der Waals surface area contributed by atoms with Gasteiger partial charge in [-0.05, 0) is 25.0 Å². The second-order valence-corrected chi connectivity index (χ2v) is 4.48. The topological polar surface area (TPSA) is 54.2 Å². The van der Waals surface area contributed by atoms with Gasteiger partial charge in [0.2, 0.25) is 0 Å². The van der Waals surface area contributed by atoms with Crippen molar-refractivity contribution in [3.63, 3.8) is 0 Å². The van der Waals surface area contributed by atoms with Crippen LogP contribution in [0.4, 0.5) is 11.5 Å². The number of hydrogen-bond donors (Lipinski definition) is 2. The molecule has 2 aliphatic rings. The largest absolute Gasteiger partial charge is 0.384 e. The number of aromatic nitrogens is 1. The summed E-state index contributed by atoms with van der Waals surface area (Å²) in [6.45, 7) is 2.20. The Balaban J connectivity index is 1.80. The van der Waals surface area contributed by atoms with Crippen LogP contribution < -0.4 is 16.0 Å². The van der Waals surface area contributed by atoms with E-state index in [9.17, 15) is 0 Å². The quantitative estimate of drug-likeness (QED) is 0.703. The van der Waals surface area contributed by atoms with Gasteiger partial charge in [0.05, 0.1) is 11.9 Å². The van der Waals surface area contributed by atoms with E-state index in [0.29, 0.717) is 17.9 Å². The van der Waals surface area contributed by atoms with E-state index in [2.05, 4.69) is 21.3 Å². The molecule has 0 aromatic carbocycles. The molecular formula is C11H16N4. The predicted molar refractivity (Wildman–Crippen MR) is 60.8 cm³/mol. The third-order valence-electron chi connectivity index (χ3n) is 3.35. The second-order valence-electron chi connectivity index (χ2n) is 4.48. The number of nitrogens with two attached hydrogens (primary N) is 1. The molecule has 3 rings (SSSR count). The molecule has 15 heavy (non-hydrogen) atoms. The molecule has 2 saturated heterocycles. The Morgan fingerprint density at radius 1 is 1.27 bits per heavy atom. The standard InChI is InChI=1S/C11H16N4/c12-11-4-3-10(5-13-11)15-6-8-1-2-9(7-15)14-8/h3-5,8-9,14H,1-2,6-7H2,(H2,12,13). The Morgan fingerprint density at radius 2 is 2.00 bits per heavy atom. The van der Waals surface area contributed by atoms with E-state index in [1.54, 1.807) is 0 Å². The summed E-state index contributed by atoms with van der Waals surface area (Å²) in [7, 11) is 0. The van der Waals surface area contributed by atoms with E-state index in [-0.39, 0.29) is 0 Å². The van der Waals surface area contributed by atoms with E-state index >= 15 is 0 Å². The number of nitrogens with one attached hydrogen (secondary N) is 1. The fourth-order valence-corrected chi connectivity index (χ4v) is 2.59. The van der Waals surface area contributed by atoms with Crippen LogP contribution in [0.3, 0.4) is 0 Å². The monoisotopic (exact) mass is 204 g/mol. The normalized spacial score (nSPS) is 29.5. The van der Waals surface area contributed by atoms with Crippen molar-refractivity contribution in [2.45, 2.75) is 24.9 Å². The molecule has 0 saturated carbocycles. The molecular weight excluding hydrogens is 188 g/mol. The number of anilines is 2. The van der Waals surface area contributed by atoms with Crippen LogP contribution in [0.25, 0.3) is 0 Å². The van der Waals surface area contributed by atoms with Gasteiger partial charge in [0.15, 0.2) is 0 Å². The molecule has 0 amide bonds. The van der Waals surface area contributed by atoms with E-state index in [1.165, 1.54) is 18.5 Å². The van der Waals surface area contributed by atoms with Gasteiger partial charge in [-0.2, -0.15) is 0 Å². The summed E-state index contributed by atoms with van der Waals surface area (Å²) in [6, 6.07) is 5.27. The second kappa shape index (κ2) is 3.38. The summed E-state index contributed by atoms with van der Waals surface area (Å²) in [5, 5.41) is 3.61. The van der Waals surface area contributed by atoms with Crippen LogP contribution in [0.2, 0.25) is 0 Å². The van der Waals surface area contributed by atoms with Gasteiger partial charge < -0.3 is 16.0 Å². The number of fused-ring (bicyclic) bond motifs is 2. The lowest BCUT2D eigenvalue weighted by atomic mass is 10.2. The number of rotatable bonds is 1. The number of pyridine rings is 1. The molecule has 2 fully saturated rings. The van der Waals surface area contributed by atoms with E-state index in [1.807, 2.05) is 12.3 Å². The third-order valence-corrected chi connectivity index (χ3v) is 3.35. The maximum absolute atomic E-state index is 5.58. The summed E-state index contributed by atoms with van der Waals surface area (Å²) < 4.78 is 0. The highest BCUT2D eigenvalue weighted by Crippen LogP contribution is 2.24. The number of nitrogen functional groups attached to an aromatic ring is 1. The Kier molecular flexibility index (Phi) is 2.02. The molecule has 2 aliphatic heterocycles. The lowest BCUT2D eigenvalue weighted by molar-refractivity contribution is 0.465. The third kappa shape index (κ3) is 1.65. The summed E-state index contributed by atoms with van der Waals surface area (Å²) in [4.78, 5) is 6.55. The number of nitrogens with zero attached hydrogens (tertiary/aromatic N) is 2. The Hall–Kier alpha value is -1.29. The molecule has 3 N–H and O–H groups in total. The molecule has 2 bridgehead atoms. The lowest BCUT2D eigenvalue weighted by Gasteiger charge is -2.34. The fourth-order valence-electron chi connectivity index (χ4n) is 2.59. The minimum Gasteiger partial charge on any atom is -0.384 e. The molecule has 4 heteroatoms. The molecule has 2 unspecified atom stereocenters. The van der Waals surface area contributed by atoms with Crippen molar-refractivity contribution in [1.29, 1.82) is 0 Å². The predicted octanol–water partition coefficient (Wildman–Crippen LogP) is 0.604. The zero-order valence-electron chi connectivity index (χ0n) is 8.69. The zero-order valence-corrected chi connectivity index (χ0v) is 8.69. The van der Waals surface area contributed by atoms with Crippen molar-refractivity contribution in [2.24, 2.45) is 0 Å². The zero-order chi connectivity index (χ0) is 10.3. The van der Waals surface area contributed by atoms with Crippen molar-refractivity contribution in [1.82, 2.24) is 10.3 Å². The van der Waals surface area contributed by atoms with Crippen molar-refractivity contribution < 1.29 is 0 Å².